The number of hydrogen-bond donors (Lipinski definition) is 0. The Morgan fingerprint density at radius 1 is 1.12 bits per heavy atom. The van der Waals surface area contributed by atoms with Crippen LogP contribution in [0, 0.1) is 5.92 Å². The average Bonchev–Trinajstić information content (AvgIpc) is 2.79. The van der Waals surface area contributed by atoms with Crippen LogP contribution in [-0.2, 0) is 0 Å². The SMILES string of the molecule is O=C1c2ccccc2C(=O)N1C12CCCC1C2. The Morgan fingerprint density at radius 2 is 1.76 bits per heavy atom. The molecule has 4 rings (SSSR count). The lowest BCUT2D eigenvalue weighted by atomic mass is 10.1. The third kappa shape index (κ3) is 0.978. The quantitative estimate of drug-likeness (QED) is 0.690. The predicted octanol–water partition coefficient (Wildman–Crippen LogP) is 2.23. The van der Waals surface area contributed by atoms with Crippen LogP contribution in [0.4, 0.5) is 0 Å². The van der Waals surface area contributed by atoms with Crippen molar-refractivity contribution in [2.45, 2.75) is 31.2 Å². The van der Waals surface area contributed by atoms with Crippen LogP contribution >= 0.6 is 0 Å². The summed E-state index contributed by atoms with van der Waals surface area (Å²) < 4.78 is 0. The largest absolute Gasteiger partial charge is 0.269 e. The molecule has 0 N–H and O–H groups in total. The predicted molar refractivity (Wildman–Crippen MR) is 61.6 cm³/mol. The van der Waals surface area contributed by atoms with Crippen molar-refractivity contribution in [3.63, 3.8) is 0 Å². The Kier molecular flexibility index (Phi) is 1.54. The molecular weight excluding hydrogens is 214 g/mol. The number of nitrogens with zero attached hydrogens (tertiary/aromatic N) is 1. The van der Waals surface area contributed by atoms with Crippen LogP contribution in [0.2, 0.25) is 0 Å². The van der Waals surface area contributed by atoms with Crippen molar-refractivity contribution in [1.82, 2.24) is 4.90 Å². The second-order valence-corrected chi connectivity index (χ2v) is 5.39. The number of carbonyl (C=O) groups is 2. The van der Waals surface area contributed by atoms with Gasteiger partial charge >= 0.3 is 0 Å². The molecule has 1 aromatic rings. The minimum Gasteiger partial charge on any atom is -0.269 e. The maximum absolute atomic E-state index is 12.3. The fraction of sp³-hybridized carbons (Fsp3) is 0.429. The molecule has 1 aromatic carbocycles. The molecule has 0 saturated heterocycles. The smallest absolute Gasteiger partial charge is 0.262 e. The Bertz CT molecular complexity index is 516. The number of rotatable bonds is 1. The van der Waals surface area contributed by atoms with E-state index >= 15 is 0 Å². The van der Waals surface area contributed by atoms with E-state index in [1.54, 1.807) is 17.0 Å². The van der Waals surface area contributed by atoms with Gasteiger partial charge in [-0.15, -0.1) is 0 Å². The second-order valence-electron chi connectivity index (χ2n) is 5.39. The van der Waals surface area contributed by atoms with Crippen molar-refractivity contribution in [3.05, 3.63) is 35.4 Å². The lowest BCUT2D eigenvalue weighted by molar-refractivity contribution is 0.0551. The van der Waals surface area contributed by atoms with Gasteiger partial charge in [-0.25, -0.2) is 0 Å². The molecule has 17 heavy (non-hydrogen) atoms. The normalized spacial score (nSPS) is 33.9. The number of imide groups is 1. The topological polar surface area (TPSA) is 37.4 Å². The van der Waals surface area contributed by atoms with Gasteiger partial charge in [-0.05, 0) is 37.3 Å². The maximum Gasteiger partial charge on any atom is 0.262 e. The number of benzene rings is 1. The van der Waals surface area contributed by atoms with Crippen LogP contribution in [-0.4, -0.2) is 22.3 Å². The zero-order valence-corrected chi connectivity index (χ0v) is 9.48. The summed E-state index contributed by atoms with van der Waals surface area (Å²) in [6.45, 7) is 0. The summed E-state index contributed by atoms with van der Waals surface area (Å²) in [6.07, 6.45) is 4.35. The van der Waals surface area contributed by atoms with Gasteiger partial charge in [-0.3, -0.25) is 14.5 Å². The molecule has 2 fully saturated rings. The third-order valence-corrected chi connectivity index (χ3v) is 4.60. The van der Waals surface area contributed by atoms with Crippen molar-refractivity contribution in [3.8, 4) is 0 Å². The van der Waals surface area contributed by atoms with Crippen LogP contribution in [0.5, 0.6) is 0 Å². The minimum absolute atomic E-state index is 0.0741. The molecular formula is C14H13NO2. The van der Waals surface area contributed by atoms with E-state index in [1.165, 1.54) is 6.42 Å². The van der Waals surface area contributed by atoms with E-state index in [9.17, 15) is 9.59 Å². The first-order chi connectivity index (χ1) is 8.24. The van der Waals surface area contributed by atoms with Gasteiger partial charge in [0.15, 0.2) is 0 Å². The first kappa shape index (κ1) is 9.40. The molecule has 0 spiro atoms. The van der Waals surface area contributed by atoms with Gasteiger partial charge in [0.1, 0.15) is 0 Å². The van der Waals surface area contributed by atoms with Gasteiger partial charge in [0.05, 0.1) is 16.7 Å². The Balaban J connectivity index is 1.82. The molecule has 0 radical (unpaired) electrons. The highest BCUT2D eigenvalue weighted by Gasteiger charge is 2.65. The van der Waals surface area contributed by atoms with Gasteiger partial charge in [-0.2, -0.15) is 0 Å². The zero-order valence-electron chi connectivity index (χ0n) is 9.48. The first-order valence-corrected chi connectivity index (χ1v) is 6.22. The molecule has 0 aromatic heterocycles. The van der Waals surface area contributed by atoms with Crippen molar-refractivity contribution >= 4 is 11.8 Å². The summed E-state index contributed by atoms with van der Waals surface area (Å²) in [5.74, 6) is 0.426. The summed E-state index contributed by atoms with van der Waals surface area (Å²) in [6, 6.07) is 7.17. The number of hydrogen-bond acceptors (Lipinski definition) is 2. The average molecular weight is 227 g/mol. The molecule has 2 amide bonds. The molecule has 3 nitrogen and oxygen atoms in total. The third-order valence-electron chi connectivity index (χ3n) is 4.60. The van der Waals surface area contributed by atoms with E-state index in [1.807, 2.05) is 12.1 Å². The highest BCUT2D eigenvalue weighted by molar-refractivity contribution is 6.22. The lowest BCUT2D eigenvalue weighted by Gasteiger charge is -2.24. The van der Waals surface area contributed by atoms with Crippen LogP contribution < -0.4 is 0 Å². The van der Waals surface area contributed by atoms with Gasteiger partial charge in [-0.1, -0.05) is 18.6 Å². The summed E-state index contributed by atoms with van der Waals surface area (Å²) in [7, 11) is 0. The van der Waals surface area contributed by atoms with Gasteiger partial charge < -0.3 is 0 Å². The van der Waals surface area contributed by atoms with Crippen LogP contribution in [0.15, 0.2) is 24.3 Å². The van der Waals surface area contributed by atoms with Crippen molar-refractivity contribution < 1.29 is 9.59 Å². The fourth-order valence-corrected chi connectivity index (χ4v) is 3.68. The van der Waals surface area contributed by atoms with E-state index in [4.69, 9.17) is 0 Å². The number of carbonyl (C=O) groups excluding carboxylic acids is 2. The lowest BCUT2D eigenvalue weighted by Crippen LogP contribution is -2.41. The first-order valence-electron chi connectivity index (χ1n) is 6.22. The summed E-state index contributed by atoms with van der Waals surface area (Å²) in [5, 5.41) is 0. The van der Waals surface area contributed by atoms with E-state index < -0.39 is 0 Å². The summed E-state index contributed by atoms with van der Waals surface area (Å²) in [5.41, 5.74) is 1.07. The number of amides is 2. The van der Waals surface area contributed by atoms with Crippen molar-refractivity contribution in [2.24, 2.45) is 5.92 Å². The molecule has 3 aliphatic rings. The van der Waals surface area contributed by atoms with Gasteiger partial charge in [0.2, 0.25) is 0 Å². The minimum atomic E-state index is -0.104. The van der Waals surface area contributed by atoms with Crippen molar-refractivity contribution in [2.75, 3.05) is 0 Å². The molecule has 2 atom stereocenters. The zero-order chi connectivity index (χ0) is 11.6. The summed E-state index contributed by atoms with van der Waals surface area (Å²) >= 11 is 0. The Hall–Kier alpha value is -1.64. The van der Waals surface area contributed by atoms with Crippen molar-refractivity contribution in [1.29, 1.82) is 0 Å². The summed E-state index contributed by atoms with van der Waals surface area (Å²) in [4.78, 5) is 26.2. The molecule has 0 bridgehead atoms. The number of fused-ring (bicyclic) bond motifs is 2. The van der Waals surface area contributed by atoms with E-state index in [0.29, 0.717) is 17.0 Å². The molecule has 86 valence electrons. The highest BCUT2D eigenvalue weighted by Crippen LogP contribution is 2.60. The van der Waals surface area contributed by atoms with E-state index in [2.05, 4.69) is 0 Å². The fourth-order valence-electron chi connectivity index (χ4n) is 3.68. The molecule has 2 saturated carbocycles. The maximum atomic E-state index is 12.3. The molecule has 2 aliphatic carbocycles. The second kappa shape index (κ2) is 2.78. The van der Waals surface area contributed by atoms with Gasteiger partial charge in [0, 0.05) is 0 Å². The molecule has 2 unspecified atom stereocenters. The monoisotopic (exact) mass is 227 g/mol. The highest BCUT2D eigenvalue weighted by atomic mass is 16.2. The van der Waals surface area contributed by atoms with Crippen LogP contribution in [0.25, 0.3) is 0 Å². The van der Waals surface area contributed by atoms with Gasteiger partial charge in [0.25, 0.3) is 11.8 Å². The van der Waals surface area contributed by atoms with Crippen LogP contribution in [0.3, 0.4) is 0 Å². The Labute approximate surface area is 99.4 Å². The molecule has 1 heterocycles. The van der Waals surface area contributed by atoms with E-state index in [-0.39, 0.29) is 17.4 Å². The standard InChI is InChI=1S/C14H13NO2/c16-12-10-5-1-2-6-11(10)13(17)15(12)14-7-3-4-9(14)8-14/h1-2,5-6,9H,3-4,7-8H2. The Morgan fingerprint density at radius 3 is 2.24 bits per heavy atom. The van der Waals surface area contributed by atoms with Crippen LogP contribution in [0.1, 0.15) is 46.4 Å². The molecule has 3 heteroatoms. The van der Waals surface area contributed by atoms with E-state index in [0.717, 1.165) is 19.3 Å². The molecule has 1 aliphatic heterocycles.